The molecule has 1 aromatic rings. The van der Waals surface area contributed by atoms with E-state index in [9.17, 15) is 10.0 Å². The Bertz CT molecular complexity index is 418. The Hall–Kier alpha value is -0.875. The zero-order chi connectivity index (χ0) is 21.2. The van der Waals surface area contributed by atoms with Crippen LogP contribution in [0.25, 0.3) is 0 Å². The van der Waals surface area contributed by atoms with Crippen LogP contribution in [0.4, 0.5) is 0 Å². The Morgan fingerprint density at radius 1 is 0.778 bits per heavy atom. The lowest BCUT2D eigenvalue weighted by atomic mass is 9.78. The predicted molar refractivity (Wildman–Crippen MR) is 114 cm³/mol. The molecule has 1 aromatic carbocycles. The van der Waals surface area contributed by atoms with E-state index in [-0.39, 0.29) is 0 Å². The third-order valence-electron chi connectivity index (χ3n) is 4.14. The highest BCUT2D eigenvalue weighted by Gasteiger charge is 2.00. The molecule has 4 nitrogen and oxygen atoms in total. The van der Waals surface area contributed by atoms with Crippen molar-refractivity contribution >= 4 is 12.6 Å². The molecule has 6 N–H and O–H groups in total. The molecule has 0 spiro atoms. The Balaban J connectivity index is 0. The van der Waals surface area contributed by atoms with Crippen LogP contribution in [0.1, 0.15) is 78.4 Å². The Morgan fingerprint density at radius 3 is 1.33 bits per heavy atom. The van der Waals surface area contributed by atoms with Crippen molar-refractivity contribution in [2.75, 3.05) is 13.1 Å². The summed E-state index contributed by atoms with van der Waals surface area (Å²) in [5.41, 5.74) is 10.1. The second-order valence-corrected chi connectivity index (χ2v) is 7.99. The minimum atomic E-state index is -1.85. The Kier molecular flexibility index (Phi) is 19.4. The van der Waals surface area contributed by atoms with E-state index in [0.29, 0.717) is 5.46 Å². The molecule has 0 unspecified atom stereocenters. The topological polar surface area (TPSA) is 101 Å². The first-order valence-electron chi connectivity index (χ1n) is 10.7. The van der Waals surface area contributed by atoms with Gasteiger partial charge in [-0.3, -0.25) is 0 Å². The minimum absolute atomic E-state index is 0.407. The Labute approximate surface area is 168 Å². The van der Waals surface area contributed by atoms with Gasteiger partial charge in [-0.05, 0) is 36.8 Å². The third-order valence-corrected chi connectivity index (χ3v) is 4.14. The molecule has 5 heteroatoms. The van der Waals surface area contributed by atoms with E-state index in [1.807, 2.05) is 0 Å². The van der Waals surface area contributed by atoms with Crippen molar-refractivity contribution in [3.8, 4) is 0 Å². The van der Waals surface area contributed by atoms with Gasteiger partial charge in [-0.2, -0.15) is 0 Å². The van der Waals surface area contributed by atoms with Crippen LogP contribution in [0.2, 0.25) is 0 Å². The second kappa shape index (κ2) is 18.5. The summed E-state index contributed by atoms with van der Waals surface area (Å²) in [6.07, 6.45) is 6.42. The highest BCUT2D eigenvalue weighted by Crippen LogP contribution is 2.10. The number of unbranched alkanes of at least 4 members (excludes halogenated alkanes) is 2. The highest BCUT2D eigenvalue weighted by atomic mass is 16.4. The summed E-state index contributed by atoms with van der Waals surface area (Å²) >= 11 is 0. The lowest BCUT2D eigenvalue weighted by Crippen LogP contribution is -2.55. The second-order valence-electron chi connectivity index (χ2n) is 7.99. The number of rotatable bonds is 9. The third kappa shape index (κ3) is 18.3. The normalized spacial score (nSPS) is 10.2. The zero-order valence-corrected chi connectivity index (χ0v) is 18.9. The molecule has 0 aliphatic heterocycles. The van der Waals surface area contributed by atoms with E-state index in [1.165, 1.54) is 0 Å². The smallest absolute Gasteiger partial charge is 0.0763 e. The van der Waals surface area contributed by atoms with E-state index in [0.717, 1.165) is 74.6 Å². The van der Waals surface area contributed by atoms with E-state index >= 15 is 0 Å². The van der Waals surface area contributed by atoms with Crippen LogP contribution in [0.15, 0.2) is 18.2 Å². The maximum absolute atomic E-state index is 11.0. The van der Waals surface area contributed by atoms with E-state index in [4.69, 9.17) is 0 Å². The molecule has 158 valence electrons. The van der Waals surface area contributed by atoms with Crippen molar-refractivity contribution in [1.29, 1.82) is 0 Å². The molecule has 1 rings (SSSR count). The fourth-order valence-corrected chi connectivity index (χ4v) is 1.98. The van der Waals surface area contributed by atoms with Gasteiger partial charge in [0.2, 0.25) is 0 Å². The summed E-state index contributed by atoms with van der Waals surface area (Å²) in [5, 5.41) is 22.1. The first-order chi connectivity index (χ1) is 12.7. The summed E-state index contributed by atoms with van der Waals surface area (Å²) < 4.78 is 0. The van der Waals surface area contributed by atoms with Crippen LogP contribution >= 0.6 is 0 Å². The standard InChI is InChI=1S/C14H21BO2.2C4H11N/c1-3-5-7-12-9-13(8-6-4-2)11-14(10-12)15(16)17;2*1-4(2)3-5/h9-11H,3-8H2,1-2H3;2*4H,3,5H2,1-2H3/q-2;;/p+2. The van der Waals surface area contributed by atoms with Crippen LogP contribution in [0, 0.1) is 11.8 Å². The van der Waals surface area contributed by atoms with Crippen molar-refractivity contribution in [2.24, 2.45) is 11.8 Å². The quantitative estimate of drug-likeness (QED) is 0.612. The molecule has 0 bridgehead atoms. The average molecular weight is 380 g/mol. The van der Waals surface area contributed by atoms with Gasteiger partial charge in [0.05, 0.1) is 13.1 Å². The highest BCUT2D eigenvalue weighted by molar-refractivity contribution is 6.55. The molecular weight excluding hydrogens is 335 g/mol. The first kappa shape index (κ1) is 28.3. The van der Waals surface area contributed by atoms with Crippen molar-refractivity contribution < 1.29 is 21.5 Å². The van der Waals surface area contributed by atoms with E-state index < -0.39 is 7.12 Å². The van der Waals surface area contributed by atoms with Crippen molar-refractivity contribution in [2.45, 2.75) is 80.1 Å². The molecule has 0 heterocycles. The summed E-state index contributed by atoms with van der Waals surface area (Å²) in [6.45, 7) is 15.0. The van der Waals surface area contributed by atoms with Gasteiger partial charge in [0.15, 0.2) is 0 Å². The summed E-state index contributed by atoms with van der Waals surface area (Å²) in [6, 6.07) is 5.72. The maximum Gasteiger partial charge on any atom is 0.0763 e. The number of hydrogen-bond donors (Lipinski definition) is 2. The predicted octanol–water partition coefficient (Wildman–Crippen LogP) is 0.556. The molecule has 0 aliphatic rings. The van der Waals surface area contributed by atoms with E-state index in [2.05, 4.69) is 59.1 Å². The van der Waals surface area contributed by atoms with Gasteiger partial charge in [-0.1, -0.05) is 79.7 Å². The summed E-state index contributed by atoms with van der Waals surface area (Å²) in [7, 11) is -1.85. The van der Waals surface area contributed by atoms with Crippen LogP contribution < -0.4 is 27.0 Å². The van der Waals surface area contributed by atoms with Gasteiger partial charge in [-0.15, -0.1) is 5.46 Å². The molecule has 0 atom stereocenters. The maximum atomic E-state index is 11.0. The van der Waals surface area contributed by atoms with E-state index in [1.54, 1.807) is 12.1 Å². The van der Waals surface area contributed by atoms with Gasteiger partial charge in [-0.25, -0.2) is 0 Å². The monoisotopic (exact) mass is 380 g/mol. The minimum Gasteiger partial charge on any atom is -0.889 e. The SMILES string of the molecule is CC(C)C[NH3+].CC(C)C[NH3+].CCCCc1cc(CCCC)cc(B([O-])[O-])c1. The fraction of sp³-hybridized carbons (Fsp3) is 0.727. The van der Waals surface area contributed by atoms with Crippen LogP contribution in [-0.2, 0) is 12.8 Å². The molecule has 27 heavy (non-hydrogen) atoms. The average Bonchev–Trinajstić information content (AvgIpc) is 2.65. The number of hydrogen-bond acceptors (Lipinski definition) is 2. The fourth-order valence-electron chi connectivity index (χ4n) is 1.98. The lowest BCUT2D eigenvalue weighted by molar-refractivity contribution is -0.377. The molecule has 0 radical (unpaired) electrons. The molecule has 0 fully saturated rings. The van der Waals surface area contributed by atoms with Gasteiger partial charge >= 0.3 is 0 Å². The van der Waals surface area contributed by atoms with Gasteiger partial charge in [0.1, 0.15) is 0 Å². The largest absolute Gasteiger partial charge is 0.889 e. The summed E-state index contributed by atoms with van der Waals surface area (Å²) in [5.74, 6) is 1.55. The molecular formula is C22H45BN2O2. The Morgan fingerprint density at radius 2 is 1.11 bits per heavy atom. The number of benzene rings is 1. The summed E-state index contributed by atoms with van der Waals surface area (Å²) in [4.78, 5) is 0. The van der Waals surface area contributed by atoms with Crippen molar-refractivity contribution in [3.05, 3.63) is 29.3 Å². The molecule has 0 saturated carbocycles. The van der Waals surface area contributed by atoms with Crippen LogP contribution in [0.3, 0.4) is 0 Å². The first-order valence-corrected chi connectivity index (χ1v) is 10.7. The number of aryl methyl sites for hydroxylation is 2. The molecule has 0 amide bonds. The van der Waals surface area contributed by atoms with Crippen LogP contribution in [0.5, 0.6) is 0 Å². The van der Waals surface area contributed by atoms with Gasteiger partial charge in [0.25, 0.3) is 0 Å². The number of quaternary nitrogens is 2. The van der Waals surface area contributed by atoms with Crippen LogP contribution in [-0.4, -0.2) is 20.2 Å². The molecule has 0 saturated heterocycles. The molecule has 0 aromatic heterocycles. The van der Waals surface area contributed by atoms with Crippen molar-refractivity contribution in [1.82, 2.24) is 0 Å². The lowest BCUT2D eigenvalue weighted by Gasteiger charge is -2.28. The van der Waals surface area contributed by atoms with Crippen molar-refractivity contribution in [3.63, 3.8) is 0 Å². The van der Waals surface area contributed by atoms with Gasteiger partial charge < -0.3 is 21.5 Å². The molecule has 0 aliphatic carbocycles. The van der Waals surface area contributed by atoms with Gasteiger partial charge in [0, 0.05) is 11.8 Å². The zero-order valence-electron chi connectivity index (χ0n) is 18.9.